The van der Waals surface area contributed by atoms with E-state index in [0.717, 1.165) is 30.4 Å². The first-order valence-electron chi connectivity index (χ1n) is 8.30. The molecule has 1 rings (SSSR count). The topological polar surface area (TPSA) is 78.4 Å². The van der Waals surface area contributed by atoms with Crippen LogP contribution < -0.4 is 16.0 Å². The minimum Gasteiger partial charge on any atom is -0.357 e. The predicted octanol–water partition coefficient (Wildman–Crippen LogP) is 1.58. The number of carbonyl (C=O) groups is 1. The maximum absolute atomic E-state index is 11.5. The summed E-state index contributed by atoms with van der Waals surface area (Å²) in [5.74, 6) is 0.867. The number of thiazole rings is 1. The van der Waals surface area contributed by atoms with Crippen molar-refractivity contribution in [1.29, 1.82) is 0 Å². The fraction of sp³-hybridized carbons (Fsp3) is 0.688. The molecular weight excluding hydrogens is 310 g/mol. The summed E-state index contributed by atoms with van der Waals surface area (Å²) < 4.78 is 0. The van der Waals surface area contributed by atoms with Crippen LogP contribution in [-0.2, 0) is 17.6 Å². The summed E-state index contributed by atoms with van der Waals surface area (Å²) >= 11 is 1.76. The van der Waals surface area contributed by atoms with Crippen LogP contribution in [0.5, 0.6) is 0 Å². The normalized spacial score (nSPS) is 11.6. The molecule has 0 spiro atoms. The lowest BCUT2D eigenvalue weighted by Crippen LogP contribution is -2.42. The first-order chi connectivity index (χ1) is 11.1. The van der Waals surface area contributed by atoms with Crippen LogP contribution in [0.3, 0.4) is 0 Å². The standard InChI is InChI=1S/C16H29N5OS/c1-5-13-11-21-14(23-13)7-8-19-16(17-6-2)20-10-9-18-15(22)12(3)4/h11-12H,5-10H2,1-4H3,(H,18,22)(H2,17,19,20). The molecule has 0 aliphatic heterocycles. The van der Waals surface area contributed by atoms with E-state index in [-0.39, 0.29) is 11.8 Å². The van der Waals surface area contributed by atoms with Crippen molar-refractivity contribution in [1.82, 2.24) is 20.9 Å². The molecule has 0 aromatic carbocycles. The lowest BCUT2D eigenvalue weighted by Gasteiger charge is -2.12. The Bertz CT molecular complexity index is 498. The molecule has 0 radical (unpaired) electrons. The first-order valence-corrected chi connectivity index (χ1v) is 9.11. The molecule has 0 fully saturated rings. The number of hydrogen-bond donors (Lipinski definition) is 3. The first kappa shape index (κ1) is 19.4. The van der Waals surface area contributed by atoms with Crippen molar-refractivity contribution in [3.05, 3.63) is 16.1 Å². The number of nitrogens with one attached hydrogen (secondary N) is 3. The monoisotopic (exact) mass is 339 g/mol. The molecule has 7 heteroatoms. The Morgan fingerprint density at radius 3 is 2.61 bits per heavy atom. The van der Waals surface area contributed by atoms with E-state index in [1.807, 2.05) is 27.0 Å². The third kappa shape index (κ3) is 7.97. The summed E-state index contributed by atoms with van der Waals surface area (Å²) in [6.45, 7) is 10.7. The SMILES string of the molecule is CCNC(=NCCc1ncc(CC)s1)NCCNC(=O)C(C)C. The molecule has 0 unspecified atom stereocenters. The molecule has 0 saturated carbocycles. The van der Waals surface area contributed by atoms with Crippen molar-refractivity contribution in [2.45, 2.75) is 40.5 Å². The van der Waals surface area contributed by atoms with Gasteiger partial charge in [-0.25, -0.2) is 4.98 Å². The second-order valence-corrected chi connectivity index (χ2v) is 6.66. The van der Waals surface area contributed by atoms with Gasteiger partial charge in [0.25, 0.3) is 0 Å². The van der Waals surface area contributed by atoms with Crippen molar-refractivity contribution in [3.8, 4) is 0 Å². The van der Waals surface area contributed by atoms with Crippen LogP contribution in [0, 0.1) is 5.92 Å². The second-order valence-electron chi connectivity index (χ2n) is 5.46. The van der Waals surface area contributed by atoms with E-state index in [1.165, 1.54) is 4.88 Å². The van der Waals surface area contributed by atoms with Gasteiger partial charge < -0.3 is 16.0 Å². The molecule has 1 aromatic rings. The molecule has 1 amide bonds. The van der Waals surface area contributed by atoms with Crippen LogP contribution in [0.25, 0.3) is 0 Å². The summed E-state index contributed by atoms with van der Waals surface area (Å²) in [7, 11) is 0. The van der Waals surface area contributed by atoms with E-state index < -0.39 is 0 Å². The molecule has 0 atom stereocenters. The Morgan fingerprint density at radius 1 is 1.26 bits per heavy atom. The van der Waals surface area contributed by atoms with Crippen molar-refractivity contribution >= 4 is 23.2 Å². The fourth-order valence-corrected chi connectivity index (χ4v) is 2.65. The highest BCUT2D eigenvalue weighted by Gasteiger charge is 2.05. The summed E-state index contributed by atoms with van der Waals surface area (Å²) in [5.41, 5.74) is 0. The molecule has 3 N–H and O–H groups in total. The molecule has 0 bridgehead atoms. The highest BCUT2D eigenvalue weighted by molar-refractivity contribution is 7.11. The molecule has 6 nitrogen and oxygen atoms in total. The Morgan fingerprint density at radius 2 is 2.00 bits per heavy atom. The van der Waals surface area contributed by atoms with E-state index in [4.69, 9.17) is 0 Å². The number of aryl methyl sites for hydroxylation is 1. The van der Waals surface area contributed by atoms with E-state index in [9.17, 15) is 4.79 Å². The number of nitrogens with zero attached hydrogens (tertiary/aromatic N) is 2. The number of guanidine groups is 1. The van der Waals surface area contributed by atoms with Crippen LogP contribution in [-0.4, -0.2) is 43.0 Å². The maximum atomic E-state index is 11.5. The van der Waals surface area contributed by atoms with E-state index in [2.05, 4.69) is 32.9 Å². The third-order valence-electron chi connectivity index (χ3n) is 3.13. The van der Waals surface area contributed by atoms with Gasteiger partial charge in [0.2, 0.25) is 5.91 Å². The Balaban J connectivity index is 2.33. The second kappa shape index (κ2) is 11.0. The molecular formula is C16H29N5OS. The third-order valence-corrected chi connectivity index (χ3v) is 4.33. The number of hydrogen-bond acceptors (Lipinski definition) is 4. The van der Waals surface area contributed by atoms with Crippen LogP contribution in [0.2, 0.25) is 0 Å². The quantitative estimate of drug-likeness (QED) is 0.363. The van der Waals surface area contributed by atoms with Gasteiger partial charge in [0.15, 0.2) is 5.96 Å². The van der Waals surface area contributed by atoms with Gasteiger partial charge >= 0.3 is 0 Å². The van der Waals surface area contributed by atoms with Crippen molar-refractivity contribution in [2.24, 2.45) is 10.9 Å². The highest BCUT2D eigenvalue weighted by atomic mass is 32.1. The summed E-state index contributed by atoms with van der Waals surface area (Å²) in [6, 6.07) is 0. The number of rotatable bonds is 9. The van der Waals surface area contributed by atoms with Crippen molar-refractivity contribution in [3.63, 3.8) is 0 Å². The van der Waals surface area contributed by atoms with Gasteiger partial charge in [0.05, 0.1) is 5.01 Å². The maximum Gasteiger partial charge on any atom is 0.222 e. The number of aliphatic imine (C=N–C) groups is 1. The molecule has 130 valence electrons. The zero-order valence-electron chi connectivity index (χ0n) is 14.6. The van der Waals surface area contributed by atoms with Gasteiger partial charge in [0, 0.05) is 49.6 Å². The zero-order valence-corrected chi connectivity index (χ0v) is 15.4. The average Bonchev–Trinajstić information content (AvgIpc) is 2.99. The summed E-state index contributed by atoms with van der Waals surface area (Å²) in [4.78, 5) is 21.7. The van der Waals surface area contributed by atoms with Gasteiger partial charge in [-0.1, -0.05) is 20.8 Å². The largest absolute Gasteiger partial charge is 0.357 e. The molecule has 23 heavy (non-hydrogen) atoms. The lowest BCUT2D eigenvalue weighted by molar-refractivity contribution is -0.123. The molecule has 1 aromatic heterocycles. The van der Waals surface area contributed by atoms with E-state index >= 15 is 0 Å². The molecule has 0 saturated heterocycles. The van der Waals surface area contributed by atoms with Gasteiger partial charge in [-0.2, -0.15) is 0 Å². The highest BCUT2D eigenvalue weighted by Crippen LogP contribution is 2.13. The smallest absolute Gasteiger partial charge is 0.222 e. The lowest BCUT2D eigenvalue weighted by atomic mass is 10.2. The van der Waals surface area contributed by atoms with Gasteiger partial charge in [-0.3, -0.25) is 9.79 Å². The van der Waals surface area contributed by atoms with Gasteiger partial charge in [-0.15, -0.1) is 11.3 Å². The molecule has 0 aliphatic carbocycles. The number of aromatic nitrogens is 1. The summed E-state index contributed by atoms with van der Waals surface area (Å²) in [6.07, 6.45) is 3.84. The van der Waals surface area contributed by atoms with Crippen molar-refractivity contribution < 1.29 is 4.79 Å². The van der Waals surface area contributed by atoms with E-state index in [1.54, 1.807) is 11.3 Å². The molecule has 1 heterocycles. The van der Waals surface area contributed by atoms with E-state index in [0.29, 0.717) is 19.6 Å². The molecule has 0 aliphatic rings. The Kier molecular flexibility index (Phi) is 9.28. The van der Waals surface area contributed by atoms with Crippen LogP contribution in [0.1, 0.15) is 37.6 Å². The Hall–Kier alpha value is -1.63. The van der Waals surface area contributed by atoms with Crippen molar-refractivity contribution in [2.75, 3.05) is 26.2 Å². The van der Waals surface area contributed by atoms with Crippen LogP contribution in [0.4, 0.5) is 0 Å². The zero-order chi connectivity index (χ0) is 17.1. The van der Waals surface area contributed by atoms with Crippen LogP contribution >= 0.6 is 11.3 Å². The Labute approximate surface area is 143 Å². The summed E-state index contributed by atoms with van der Waals surface area (Å²) in [5, 5.41) is 10.4. The predicted molar refractivity (Wildman–Crippen MR) is 97.0 cm³/mol. The number of amides is 1. The minimum absolute atomic E-state index is 0.0169. The van der Waals surface area contributed by atoms with Gasteiger partial charge in [-0.05, 0) is 13.3 Å². The van der Waals surface area contributed by atoms with Gasteiger partial charge in [0.1, 0.15) is 0 Å². The number of carbonyl (C=O) groups excluding carboxylic acids is 1. The minimum atomic E-state index is 0.0169. The average molecular weight is 340 g/mol. The fourth-order valence-electron chi connectivity index (χ4n) is 1.80. The van der Waals surface area contributed by atoms with Crippen LogP contribution in [0.15, 0.2) is 11.2 Å².